The summed E-state index contributed by atoms with van der Waals surface area (Å²) in [4.78, 5) is 0. The molecule has 0 spiro atoms. The van der Waals surface area contributed by atoms with Gasteiger partial charge in [0.25, 0.3) is 0 Å². The molecular formula is C13H14Cl3N3. The van der Waals surface area contributed by atoms with E-state index in [0.29, 0.717) is 33.2 Å². The van der Waals surface area contributed by atoms with Gasteiger partial charge in [0.15, 0.2) is 5.82 Å². The van der Waals surface area contributed by atoms with Crippen LogP contribution in [0.1, 0.15) is 19.7 Å². The average Bonchev–Trinajstić information content (AvgIpc) is 2.71. The van der Waals surface area contributed by atoms with Crippen molar-refractivity contribution in [3.8, 4) is 11.4 Å². The second-order valence-corrected chi connectivity index (χ2v) is 5.76. The minimum absolute atomic E-state index is 0.307. The third-order valence-electron chi connectivity index (χ3n) is 2.68. The summed E-state index contributed by atoms with van der Waals surface area (Å²) in [6, 6.07) is 5.38. The predicted molar refractivity (Wildman–Crippen MR) is 79.9 cm³/mol. The van der Waals surface area contributed by atoms with Crippen molar-refractivity contribution in [2.24, 2.45) is 5.92 Å². The normalized spacial score (nSPS) is 11.3. The fourth-order valence-corrected chi connectivity index (χ4v) is 2.65. The minimum atomic E-state index is 0.307. The standard InChI is InChI=1S/C13H14Cl3N3/c1-8(2)7-19-11(6-14)17-18-13(19)12-9(15)4-3-5-10(12)16/h3-5,8H,6-7H2,1-2H3. The summed E-state index contributed by atoms with van der Waals surface area (Å²) < 4.78 is 1.98. The van der Waals surface area contributed by atoms with Crippen LogP contribution in [0.5, 0.6) is 0 Å². The molecule has 0 amide bonds. The molecule has 0 saturated carbocycles. The van der Waals surface area contributed by atoms with Crippen molar-refractivity contribution in [1.29, 1.82) is 0 Å². The van der Waals surface area contributed by atoms with Crippen LogP contribution in [0.25, 0.3) is 11.4 Å². The molecule has 0 unspecified atom stereocenters. The molecular weight excluding hydrogens is 305 g/mol. The predicted octanol–water partition coefficient (Wildman–Crippen LogP) is 4.65. The lowest BCUT2D eigenvalue weighted by atomic mass is 10.2. The molecule has 0 aliphatic rings. The van der Waals surface area contributed by atoms with Crippen molar-refractivity contribution < 1.29 is 0 Å². The van der Waals surface area contributed by atoms with Crippen LogP contribution in [0.4, 0.5) is 0 Å². The molecule has 6 heteroatoms. The van der Waals surface area contributed by atoms with Crippen molar-refractivity contribution in [3.05, 3.63) is 34.1 Å². The van der Waals surface area contributed by atoms with Gasteiger partial charge >= 0.3 is 0 Å². The zero-order valence-corrected chi connectivity index (χ0v) is 13.0. The summed E-state index contributed by atoms with van der Waals surface area (Å²) >= 11 is 18.4. The number of hydrogen-bond acceptors (Lipinski definition) is 2. The summed E-state index contributed by atoms with van der Waals surface area (Å²) in [6.45, 7) is 5.01. The molecule has 1 aromatic heterocycles. The van der Waals surface area contributed by atoms with E-state index in [9.17, 15) is 0 Å². The van der Waals surface area contributed by atoms with Crippen LogP contribution in [-0.2, 0) is 12.4 Å². The van der Waals surface area contributed by atoms with E-state index < -0.39 is 0 Å². The summed E-state index contributed by atoms with van der Waals surface area (Å²) in [5.41, 5.74) is 0.704. The van der Waals surface area contributed by atoms with Crippen LogP contribution < -0.4 is 0 Å². The Morgan fingerprint density at radius 2 is 1.79 bits per heavy atom. The first-order valence-corrected chi connectivity index (χ1v) is 7.26. The number of halogens is 3. The molecule has 2 rings (SSSR count). The number of aromatic nitrogens is 3. The quantitative estimate of drug-likeness (QED) is 0.768. The van der Waals surface area contributed by atoms with Gasteiger partial charge in [-0.15, -0.1) is 21.8 Å². The first kappa shape index (κ1) is 14.6. The second kappa shape index (κ2) is 6.12. The lowest BCUT2D eigenvalue weighted by molar-refractivity contribution is 0.515. The maximum atomic E-state index is 6.23. The molecule has 102 valence electrons. The van der Waals surface area contributed by atoms with Crippen LogP contribution in [0, 0.1) is 5.92 Å². The summed E-state index contributed by atoms with van der Waals surface area (Å²) in [5.74, 6) is 2.14. The van der Waals surface area contributed by atoms with Crippen LogP contribution in [0.15, 0.2) is 18.2 Å². The highest BCUT2D eigenvalue weighted by atomic mass is 35.5. The molecule has 2 aromatic rings. The topological polar surface area (TPSA) is 30.7 Å². The lowest BCUT2D eigenvalue weighted by Crippen LogP contribution is -2.09. The van der Waals surface area contributed by atoms with E-state index in [2.05, 4.69) is 24.0 Å². The number of rotatable bonds is 4. The van der Waals surface area contributed by atoms with Crippen LogP contribution >= 0.6 is 34.8 Å². The Morgan fingerprint density at radius 1 is 1.16 bits per heavy atom. The Kier molecular flexibility index (Phi) is 4.71. The Morgan fingerprint density at radius 3 is 2.32 bits per heavy atom. The fourth-order valence-electron chi connectivity index (χ4n) is 1.89. The summed E-state index contributed by atoms with van der Waals surface area (Å²) in [5, 5.41) is 9.42. The van der Waals surface area contributed by atoms with Crippen molar-refractivity contribution >= 4 is 34.8 Å². The molecule has 19 heavy (non-hydrogen) atoms. The highest BCUT2D eigenvalue weighted by molar-refractivity contribution is 6.39. The SMILES string of the molecule is CC(C)Cn1c(CCl)nnc1-c1c(Cl)cccc1Cl. The molecule has 0 atom stereocenters. The van der Waals surface area contributed by atoms with E-state index in [1.807, 2.05) is 4.57 Å². The molecule has 0 radical (unpaired) electrons. The molecule has 0 saturated heterocycles. The van der Waals surface area contributed by atoms with Gasteiger partial charge in [0.2, 0.25) is 0 Å². The van der Waals surface area contributed by atoms with Crippen LogP contribution in [0.3, 0.4) is 0 Å². The molecule has 0 aliphatic carbocycles. The smallest absolute Gasteiger partial charge is 0.167 e. The van der Waals surface area contributed by atoms with Crippen LogP contribution in [0.2, 0.25) is 10.0 Å². The Labute approximate surface area is 127 Å². The maximum Gasteiger partial charge on any atom is 0.167 e. The van der Waals surface area contributed by atoms with Crippen molar-refractivity contribution in [2.45, 2.75) is 26.3 Å². The summed E-state index contributed by atoms with van der Waals surface area (Å²) in [7, 11) is 0. The molecule has 0 aliphatic heterocycles. The highest BCUT2D eigenvalue weighted by Crippen LogP contribution is 2.34. The van der Waals surface area contributed by atoms with Gasteiger partial charge in [-0.1, -0.05) is 43.1 Å². The average molecular weight is 319 g/mol. The fraction of sp³-hybridized carbons (Fsp3) is 0.385. The molecule has 0 fully saturated rings. The van der Waals surface area contributed by atoms with Gasteiger partial charge in [-0.05, 0) is 18.1 Å². The van der Waals surface area contributed by atoms with Gasteiger partial charge in [-0.2, -0.15) is 0 Å². The highest BCUT2D eigenvalue weighted by Gasteiger charge is 2.18. The van der Waals surface area contributed by atoms with Gasteiger partial charge in [0, 0.05) is 6.54 Å². The minimum Gasteiger partial charge on any atom is -0.310 e. The second-order valence-electron chi connectivity index (χ2n) is 4.67. The molecule has 0 N–H and O–H groups in total. The summed E-state index contributed by atoms with van der Waals surface area (Å²) in [6.07, 6.45) is 0. The first-order chi connectivity index (χ1) is 9.04. The third kappa shape index (κ3) is 3.04. The number of hydrogen-bond donors (Lipinski definition) is 0. The van der Waals surface area contributed by atoms with Gasteiger partial charge < -0.3 is 4.57 Å². The van der Waals surface area contributed by atoms with Crippen molar-refractivity contribution in [2.75, 3.05) is 0 Å². The van der Waals surface area contributed by atoms with Gasteiger partial charge in [0.05, 0.1) is 21.5 Å². The molecule has 1 heterocycles. The molecule has 3 nitrogen and oxygen atoms in total. The first-order valence-electron chi connectivity index (χ1n) is 5.97. The molecule has 0 bridgehead atoms. The van der Waals surface area contributed by atoms with E-state index in [0.717, 1.165) is 12.4 Å². The van der Waals surface area contributed by atoms with E-state index in [1.54, 1.807) is 18.2 Å². The van der Waals surface area contributed by atoms with Crippen LogP contribution in [-0.4, -0.2) is 14.8 Å². The van der Waals surface area contributed by atoms with Crippen molar-refractivity contribution in [1.82, 2.24) is 14.8 Å². The Hall–Kier alpha value is -0.770. The Bertz CT molecular complexity index is 558. The van der Waals surface area contributed by atoms with E-state index >= 15 is 0 Å². The molecule has 1 aromatic carbocycles. The number of benzene rings is 1. The lowest BCUT2D eigenvalue weighted by Gasteiger charge is -2.13. The van der Waals surface area contributed by atoms with E-state index in [1.165, 1.54) is 0 Å². The third-order valence-corrected chi connectivity index (χ3v) is 3.55. The zero-order chi connectivity index (χ0) is 14.0. The largest absolute Gasteiger partial charge is 0.310 e. The zero-order valence-electron chi connectivity index (χ0n) is 10.7. The maximum absolute atomic E-state index is 6.23. The van der Waals surface area contributed by atoms with Gasteiger partial charge in [-0.3, -0.25) is 0 Å². The van der Waals surface area contributed by atoms with Gasteiger partial charge in [-0.25, -0.2) is 0 Å². The van der Waals surface area contributed by atoms with Gasteiger partial charge in [0.1, 0.15) is 5.82 Å². The van der Waals surface area contributed by atoms with E-state index in [-0.39, 0.29) is 0 Å². The number of nitrogens with zero attached hydrogens (tertiary/aromatic N) is 3. The number of alkyl halides is 1. The Balaban J connectivity index is 2.59. The van der Waals surface area contributed by atoms with E-state index in [4.69, 9.17) is 34.8 Å². The monoisotopic (exact) mass is 317 g/mol. The van der Waals surface area contributed by atoms with Crippen molar-refractivity contribution in [3.63, 3.8) is 0 Å².